The van der Waals surface area contributed by atoms with Crippen molar-refractivity contribution in [2.24, 2.45) is 5.92 Å². The SMILES string of the molecule is CCOc1ccc(C(=O)N2CCC(CCl)C2)cc1. The molecule has 1 fully saturated rings. The number of nitrogens with zero attached hydrogens (tertiary/aromatic N) is 1. The van der Waals surface area contributed by atoms with Crippen LogP contribution in [-0.2, 0) is 0 Å². The summed E-state index contributed by atoms with van der Waals surface area (Å²) in [6.45, 7) is 4.16. The number of carbonyl (C=O) groups is 1. The quantitative estimate of drug-likeness (QED) is 0.785. The predicted octanol–water partition coefficient (Wildman–Crippen LogP) is 2.79. The highest BCUT2D eigenvalue weighted by molar-refractivity contribution is 6.18. The summed E-state index contributed by atoms with van der Waals surface area (Å²) in [4.78, 5) is 14.1. The van der Waals surface area contributed by atoms with Gasteiger partial charge in [-0.05, 0) is 43.5 Å². The minimum absolute atomic E-state index is 0.0886. The summed E-state index contributed by atoms with van der Waals surface area (Å²) in [7, 11) is 0. The zero-order chi connectivity index (χ0) is 13.0. The first-order valence-corrected chi connectivity index (χ1v) is 6.86. The third-order valence-corrected chi connectivity index (χ3v) is 3.64. The van der Waals surface area contributed by atoms with Gasteiger partial charge in [0.2, 0.25) is 0 Å². The van der Waals surface area contributed by atoms with E-state index in [2.05, 4.69) is 0 Å². The van der Waals surface area contributed by atoms with Gasteiger partial charge in [-0.1, -0.05) is 0 Å². The first-order valence-electron chi connectivity index (χ1n) is 6.32. The van der Waals surface area contributed by atoms with Crippen LogP contribution in [0.25, 0.3) is 0 Å². The average Bonchev–Trinajstić information content (AvgIpc) is 2.88. The van der Waals surface area contributed by atoms with E-state index >= 15 is 0 Å². The maximum absolute atomic E-state index is 12.2. The molecule has 1 heterocycles. The maximum atomic E-state index is 12.2. The molecular formula is C14H18ClNO2. The van der Waals surface area contributed by atoms with Crippen LogP contribution in [0.2, 0.25) is 0 Å². The van der Waals surface area contributed by atoms with Crippen LogP contribution in [0.4, 0.5) is 0 Å². The second-order valence-electron chi connectivity index (χ2n) is 4.52. The van der Waals surface area contributed by atoms with Crippen LogP contribution in [0.3, 0.4) is 0 Å². The van der Waals surface area contributed by atoms with Gasteiger partial charge in [0.15, 0.2) is 0 Å². The fourth-order valence-corrected chi connectivity index (χ4v) is 2.44. The highest BCUT2D eigenvalue weighted by Crippen LogP contribution is 2.20. The van der Waals surface area contributed by atoms with Gasteiger partial charge in [0.25, 0.3) is 5.91 Å². The molecule has 3 nitrogen and oxygen atoms in total. The van der Waals surface area contributed by atoms with Crippen LogP contribution in [-0.4, -0.2) is 36.4 Å². The van der Waals surface area contributed by atoms with Crippen LogP contribution in [0, 0.1) is 5.92 Å². The van der Waals surface area contributed by atoms with Crippen LogP contribution in [0.1, 0.15) is 23.7 Å². The van der Waals surface area contributed by atoms with E-state index in [1.165, 1.54) is 0 Å². The van der Waals surface area contributed by atoms with Crippen molar-refractivity contribution in [2.45, 2.75) is 13.3 Å². The molecule has 1 atom stereocenters. The van der Waals surface area contributed by atoms with E-state index in [9.17, 15) is 4.79 Å². The molecule has 1 aromatic carbocycles. The van der Waals surface area contributed by atoms with Crippen molar-refractivity contribution >= 4 is 17.5 Å². The molecule has 1 unspecified atom stereocenters. The lowest BCUT2D eigenvalue weighted by atomic mass is 10.1. The number of alkyl halides is 1. The number of rotatable bonds is 4. The van der Waals surface area contributed by atoms with Gasteiger partial charge in [-0.3, -0.25) is 4.79 Å². The van der Waals surface area contributed by atoms with Crippen molar-refractivity contribution in [3.05, 3.63) is 29.8 Å². The number of hydrogen-bond acceptors (Lipinski definition) is 2. The lowest BCUT2D eigenvalue weighted by Gasteiger charge is -2.16. The largest absolute Gasteiger partial charge is 0.494 e. The number of benzene rings is 1. The number of carbonyl (C=O) groups excluding carboxylic acids is 1. The number of ether oxygens (including phenoxy) is 1. The first kappa shape index (κ1) is 13.2. The van der Waals surface area contributed by atoms with E-state index in [1.807, 2.05) is 36.1 Å². The van der Waals surface area contributed by atoms with Crippen molar-refractivity contribution in [3.63, 3.8) is 0 Å². The van der Waals surface area contributed by atoms with Crippen LogP contribution >= 0.6 is 11.6 Å². The molecule has 1 aromatic rings. The topological polar surface area (TPSA) is 29.5 Å². The summed E-state index contributed by atoms with van der Waals surface area (Å²) >= 11 is 5.82. The maximum Gasteiger partial charge on any atom is 0.253 e. The van der Waals surface area contributed by atoms with E-state index in [-0.39, 0.29) is 5.91 Å². The third kappa shape index (κ3) is 2.96. The van der Waals surface area contributed by atoms with E-state index in [4.69, 9.17) is 16.3 Å². The van der Waals surface area contributed by atoms with Crippen molar-refractivity contribution in [3.8, 4) is 5.75 Å². The summed E-state index contributed by atoms with van der Waals surface area (Å²) in [6, 6.07) is 7.32. The molecule has 0 aliphatic carbocycles. The fourth-order valence-electron chi connectivity index (χ4n) is 2.19. The normalized spacial score (nSPS) is 19.0. The number of amides is 1. The zero-order valence-corrected chi connectivity index (χ0v) is 11.3. The second-order valence-corrected chi connectivity index (χ2v) is 4.83. The minimum atomic E-state index is 0.0886. The molecule has 2 rings (SSSR count). The second kappa shape index (κ2) is 6.10. The van der Waals surface area contributed by atoms with Crippen LogP contribution < -0.4 is 4.74 Å². The van der Waals surface area contributed by atoms with Gasteiger partial charge in [-0.15, -0.1) is 11.6 Å². The van der Waals surface area contributed by atoms with Gasteiger partial charge in [-0.2, -0.15) is 0 Å². The lowest BCUT2D eigenvalue weighted by Crippen LogP contribution is -2.28. The van der Waals surface area contributed by atoms with Crippen LogP contribution in [0.15, 0.2) is 24.3 Å². The van der Waals surface area contributed by atoms with Gasteiger partial charge < -0.3 is 9.64 Å². The molecule has 1 amide bonds. The minimum Gasteiger partial charge on any atom is -0.494 e. The number of likely N-dealkylation sites (tertiary alicyclic amines) is 1. The van der Waals surface area contributed by atoms with Gasteiger partial charge in [0.1, 0.15) is 5.75 Å². The Hall–Kier alpha value is -1.22. The molecule has 0 N–H and O–H groups in total. The molecule has 0 saturated carbocycles. The van der Waals surface area contributed by atoms with Crippen molar-refractivity contribution in [1.29, 1.82) is 0 Å². The van der Waals surface area contributed by atoms with E-state index in [0.29, 0.717) is 24.0 Å². The monoisotopic (exact) mass is 267 g/mol. The molecule has 1 aliphatic heterocycles. The molecular weight excluding hydrogens is 250 g/mol. The molecule has 18 heavy (non-hydrogen) atoms. The standard InChI is InChI=1S/C14H18ClNO2/c1-2-18-13-5-3-12(4-6-13)14(17)16-8-7-11(9-15)10-16/h3-6,11H,2,7-10H2,1H3. The highest BCUT2D eigenvalue weighted by atomic mass is 35.5. The fraction of sp³-hybridized carbons (Fsp3) is 0.500. The first-order chi connectivity index (χ1) is 8.74. The Labute approximate surface area is 113 Å². The van der Waals surface area contributed by atoms with E-state index in [0.717, 1.165) is 25.3 Å². The summed E-state index contributed by atoms with van der Waals surface area (Å²) in [6.07, 6.45) is 1.01. The lowest BCUT2D eigenvalue weighted by molar-refractivity contribution is 0.0788. The Kier molecular flexibility index (Phi) is 4.48. The third-order valence-electron chi connectivity index (χ3n) is 3.20. The van der Waals surface area contributed by atoms with Crippen molar-refractivity contribution < 1.29 is 9.53 Å². The molecule has 0 radical (unpaired) electrons. The smallest absolute Gasteiger partial charge is 0.253 e. The van der Waals surface area contributed by atoms with Crippen molar-refractivity contribution in [1.82, 2.24) is 4.90 Å². The highest BCUT2D eigenvalue weighted by Gasteiger charge is 2.26. The summed E-state index contributed by atoms with van der Waals surface area (Å²) in [5.41, 5.74) is 0.716. The summed E-state index contributed by atoms with van der Waals surface area (Å²) in [5.74, 6) is 1.96. The molecule has 0 aromatic heterocycles. The molecule has 1 saturated heterocycles. The Balaban J connectivity index is 2.00. The number of halogens is 1. The van der Waals surface area contributed by atoms with Gasteiger partial charge in [0.05, 0.1) is 6.61 Å². The van der Waals surface area contributed by atoms with Crippen LogP contribution in [0.5, 0.6) is 5.75 Å². The van der Waals surface area contributed by atoms with Gasteiger partial charge in [0, 0.05) is 24.5 Å². The summed E-state index contributed by atoms with van der Waals surface area (Å²) < 4.78 is 5.36. The molecule has 0 spiro atoms. The molecule has 98 valence electrons. The molecule has 1 aliphatic rings. The Bertz CT molecular complexity index is 405. The zero-order valence-electron chi connectivity index (χ0n) is 10.6. The molecule has 4 heteroatoms. The van der Waals surface area contributed by atoms with E-state index in [1.54, 1.807) is 0 Å². The van der Waals surface area contributed by atoms with E-state index < -0.39 is 0 Å². The Morgan fingerprint density at radius 3 is 2.72 bits per heavy atom. The number of hydrogen-bond donors (Lipinski definition) is 0. The summed E-state index contributed by atoms with van der Waals surface area (Å²) in [5, 5.41) is 0. The average molecular weight is 268 g/mol. The Morgan fingerprint density at radius 1 is 1.44 bits per heavy atom. The molecule has 0 bridgehead atoms. The van der Waals surface area contributed by atoms with Gasteiger partial charge in [-0.25, -0.2) is 0 Å². The van der Waals surface area contributed by atoms with Crippen molar-refractivity contribution in [2.75, 3.05) is 25.6 Å². The predicted molar refractivity (Wildman–Crippen MR) is 72.3 cm³/mol. The van der Waals surface area contributed by atoms with Gasteiger partial charge >= 0.3 is 0 Å². The Morgan fingerprint density at radius 2 is 2.17 bits per heavy atom.